The Balaban J connectivity index is 2.45. The number of phenolic OH excluding ortho intramolecular Hbond substituents is 2. The lowest BCUT2D eigenvalue weighted by Gasteiger charge is -2.16. The number of benzene rings is 2. The van der Waals surface area contributed by atoms with Crippen molar-refractivity contribution in [2.75, 3.05) is 7.05 Å². The maximum atomic E-state index is 11.3. The number of aliphatic carboxylic acids is 2. The fraction of sp³-hybridized carbons (Fsp3) is 0.176. The molecule has 0 radical (unpaired) electrons. The van der Waals surface area contributed by atoms with Crippen LogP contribution in [0.25, 0.3) is 0 Å². The van der Waals surface area contributed by atoms with E-state index in [9.17, 15) is 24.9 Å². The number of aromatic hydroxyl groups is 2. The molecule has 9 nitrogen and oxygen atoms in total. The maximum Gasteiger partial charge on any atom is 0.325 e. The van der Waals surface area contributed by atoms with E-state index in [0.717, 1.165) is 6.07 Å². The molecule has 0 spiro atoms. The van der Waals surface area contributed by atoms with E-state index in [1.165, 1.54) is 31.3 Å². The fourth-order valence-corrected chi connectivity index (χ4v) is 2.60. The second-order valence-electron chi connectivity index (χ2n) is 5.55. The van der Waals surface area contributed by atoms with E-state index in [1.54, 1.807) is 0 Å². The molecule has 144 valence electrons. The highest BCUT2D eigenvalue weighted by Gasteiger charge is 2.22. The Morgan fingerprint density at radius 1 is 1.11 bits per heavy atom. The topological polar surface area (TPSA) is 162 Å². The number of carboxylic acids is 2. The molecule has 2 aromatic rings. The summed E-state index contributed by atoms with van der Waals surface area (Å²) < 4.78 is 5.49. The van der Waals surface area contributed by atoms with Crippen LogP contribution in [0, 0.1) is 0 Å². The number of likely N-dealkylation sites (N-methyl/N-ethyl adjacent to an activating group) is 1. The average molecular weight is 397 g/mol. The molecule has 2 aromatic carbocycles. The lowest BCUT2D eigenvalue weighted by atomic mass is 10.1. The molecule has 2 unspecified atom stereocenters. The van der Waals surface area contributed by atoms with Gasteiger partial charge in [0.25, 0.3) is 0 Å². The fourth-order valence-electron chi connectivity index (χ4n) is 2.37. The molecular formula is C17H17ClN2O7. The van der Waals surface area contributed by atoms with Crippen LogP contribution >= 0.6 is 11.6 Å². The van der Waals surface area contributed by atoms with Crippen LogP contribution in [0.4, 0.5) is 0 Å². The molecule has 27 heavy (non-hydrogen) atoms. The second kappa shape index (κ2) is 8.12. The smallest absolute Gasteiger partial charge is 0.325 e. The third-order valence-electron chi connectivity index (χ3n) is 3.74. The summed E-state index contributed by atoms with van der Waals surface area (Å²) in [6.07, 6.45) is 0. The minimum atomic E-state index is -1.51. The number of carbonyl (C=O) groups is 2. The van der Waals surface area contributed by atoms with Gasteiger partial charge in [0.1, 0.15) is 23.6 Å². The number of rotatable bonds is 7. The van der Waals surface area contributed by atoms with Crippen LogP contribution in [0.15, 0.2) is 30.3 Å². The first kappa shape index (κ1) is 20.3. The first-order chi connectivity index (χ1) is 12.6. The first-order valence-electron chi connectivity index (χ1n) is 7.57. The van der Waals surface area contributed by atoms with Crippen molar-refractivity contribution in [3.05, 3.63) is 46.5 Å². The summed E-state index contributed by atoms with van der Waals surface area (Å²) in [5.41, 5.74) is 5.76. The quantitative estimate of drug-likeness (QED) is 0.410. The zero-order chi connectivity index (χ0) is 20.3. The largest absolute Gasteiger partial charge is 0.506 e. The number of ether oxygens (including phenoxy) is 1. The van der Waals surface area contributed by atoms with Crippen LogP contribution in [0.2, 0.25) is 5.02 Å². The maximum absolute atomic E-state index is 11.3. The van der Waals surface area contributed by atoms with Crippen LogP contribution in [-0.2, 0) is 9.59 Å². The predicted octanol–water partition coefficient (Wildman–Crippen LogP) is 1.97. The molecular weight excluding hydrogens is 380 g/mol. The second-order valence-corrected chi connectivity index (χ2v) is 5.93. The van der Waals surface area contributed by atoms with Gasteiger partial charge >= 0.3 is 11.9 Å². The molecule has 10 heteroatoms. The van der Waals surface area contributed by atoms with Gasteiger partial charge in [-0.2, -0.15) is 0 Å². The molecule has 0 saturated carbocycles. The van der Waals surface area contributed by atoms with Crippen LogP contribution in [-0.4, -0.2) is 39.4 Å². The van der Waals surface area contributed by atoms with E-state index in [1.807, 2.05) is 0 Å². The lowest BCUT2D eigenvalue weighted by Crippen LogP contribution is -2.24. The highest BCUT2D eigenvalue weighted by molar-refractivity contribution is 6.33. The van der Waals surface area contributed by atoms with Gasteiger partial charge in [-0.05, 0) is 30.8 Å². The van der Waals surface area contributed by atoms with Gasteiger partial charge < -0.3 is 36.2 Å². The van der Waals surface area contributed by atoms with Crippen molar-refractivity contribution >= 4 is 23.5 Å². The zero-order valence-corrected chi connectivity index (χ0v) is 14.8. The van der Waals surface area contributed by atoms with E-state index < -0.39 is 29.8 Å². The summed E-state index contributed by atoms with van der Waals surface area (Å²) in [7, 11) is 1.46. The van der Waals surface area contributed by atoms with Gasteiger partial charge in [-0.25, -0.2) is 0 Å². The Hall–Kier alpha value is -3.01. The molecule has 2 atom stereocenters. The molecule has 0 aliphatic rings. The Kier molecular flexibility index (Phi) is 6.11. The Bertz CT molecular complexity index is 888. The van der Waals surface area contributed by atoms with E-state index in [2.05, 4.69) is 5.32 Å². The van der Waals surface area contributed by atoms with E-state index in [0.29, 0.717) is 5.56 Å². The van der Waals surface area contributed by atoms with Crippen molar-refractivity contribution in [1.82, 2.24) is 5.32 Å². The van der Waals surface area contributed by atoms with Gasteiger partial charge in [0.05, 0.1) is 5.02 Å². The minimum Gasteiger partial charge on any atom is -0.506 e. The Morgan fingerprint density at radius 3 is 2.33 bits per heavy atom. The van der Waals surface area contributed by atoms with Crippen LogP contribution in [0.3, 0.4) is 0 Å². The zero-order valence-electron chi connectivity index (χ0n) is 14.0. The summed E-state index contributed by atoms with van der Waals surface area (Å²) in [4.78, 5) is 22.4. The SMILES string of the molecule is CNC(C(=O)O)c1ccc(O)c(Oc2cc(O)c(Cl)c(C(N)C(=O)O)c2)c1. The average Bonchev–Trinajstić information content (AvgIpc) is 2.60. The Labute approximate surface area is 158 Å². The van der Waals surface area contributed by atoms with Crippen molar-refractivity contribution in [3.63, 3.8) is 0 Å². The van der Waals surface area contributed by atoms with Crippen molar-refractivity contribution in [1.29, 1.82) is 0 Å². The van der Waals surface area contributed by atoms with Crippen molar-refractivity contribution in [3.8, 4) is 23.0 Å². The van der Waals surface area contributed by atoms with Crippen molar-refractivity contribution < 1.29 is 34.8 Å². The third-order valence-corrected chi connectivity index (χ3v) is 4.15. The van der Waals surface area contributed by atoms with Gasteiger partial charge in [-0.1, -0.05) is 17.7 Å². The van der Waals surface area contributed by atoms with Crippen molar-refractivity contribution in [2.45, 2.75) is 12.1 Å². The third kappa shape index (κ3) is 4.40. The minimum absolute atomic E-state index is 0.0487. The lowest BCUT2D eigenvalue weighted by molar-refractivity contribution is -0.140. The van der Waals surface area contributed by atoms with E-state index in [4.69, 9.17) is 27.2 Å². The number of phenols is 2. The normalized spacial score (nSPS) is 13.0. The molecule has 0 bridgehead atoms. The van der Waals surface area contributed by atoms with Crippen LogP contribution in [0.1, 0.15) is 23.2 Å². The van der Waals surface area contributed by atoms with Crippen molar-refractivity contribution in [2.24, 2.45) is 5.73 Å². The Morgan fingerprint density at radius 2 is 1.78 bits per heavy atom. The van der Waals surface area contributed by atoms with Gasteiger partial charge in [0.2, 0.25) is 0 Å². The predicted molar refractivity (Wildman–Crippen MR) is 95.3 cm³/mol. The van der Waals surface area contributed by atoms with Gasteiger partial charge in [0.15, 0.2) is 11.5 Å². The number of halogens is 1. The molecule has 0 aliphatic heterocycles. The molecule has 7 N–H and O–H groups in total. The van der Waals surface area contributed by atoms with E-state index in [-0.39, 0.29) is 27.8 Å². The highest BCUT2D eigenvalue weighted by Crippen LogP contribution is 2.39. The number of hydrogen-bond donors (Lipinski definition) is 6. The summed E-state index contributed by atoms with van der Waals surface area (Å²) in [5, 5.41) is 40.5. The van der Waals surface area contributed by atoms with Crippen LogP contribution < -0.4 is 15.8 Å². The highest BCUT2D eigenvalue weighted by atomic mass is 35.5. The molecule has 0 aromatic heterocycles. The summed E-state index contributed by atoms with van der Waals surface area (Å²) in [6, 6.07) is 3.72. The number of nitrogens with one attached hydrogen (secondary N) is 1. The number of carboxylic acid groups (broad SMARTS) is 2. The van der Waals surface area contributed by atoms with Gasteiger partial charge in [-0.15, -0.1) is 0 Å². The summed E-state index contributed by atoms with van der Waals surface area (Å²) >= 11 is 5.89. The van der Waals surface area contributed by atoms with Gasteiger partial charge in [-0.3, -0.25) is 9.59 Å². The standard InChI is InChI=1S/C17H17ClN2O7/c1-20-15(17(25)26)7-2-3-10(21)12(4-7)27-8-5-9(14(19)16(23)24)13(18)11(22)6-8/h2-6,14-15,20-22H,19H2,1H3,(H,23,24)(H,25,26). The monoisotopic (exact) mass is 396 g/mol. The van der Waals surface area contributed by atoms with E-state index >= 15 is 0 Å². The molecule has 0 fully saturated rings. The van der Waals surface area contributed by atoms with Crippen LogP contribution in [0.5, 0.6) is 23.0 Å². The molecule has 0 amide bonds. The summed E-state index contributed by atoms with van der Waals surface area (Å²) in [6.45, 7) is 0. The molecule has 0 heterocycles. The summed E-state index contributed by atoms with van der Waals surface area (Å²) in [5.74, 6) is -3.41. The molecule has 0 aliphatic carbocycles. The number of hydrogen-bond acceptors (Lipinski definition) is 7. The number of nitrogens with two attached hydrogens (primary N) is 1. The first-order valence-corrected chi connectivity index (χ1v) is 7.95. The van der Waals surface area contributed by atoms with Gasteiger partial charge in [0, 0.05) is 11.6 Å². The molecule has 0 saturated heterocycles. The molecule has 2 rings (SSSR count).